The van der Waals surface area contributed by atoms with E-state index in [0.29, 0.717) is 26.4 Å². The lowest BCUT2D eigenvalue weighted by atomic mass is 9.98. The van der Waals surface area contributed by atoms with Gasteiger partial charge in [0, 0.05) is 26.0 Å². The van der Waals surface area contributed by atoms with Crippen molar-refractivity contribution in [2.75, 3.05) is 40.6 Å². The van der Waals surface area contributed by atoms with E-state index in [4.69, 9.17) is 14.2 Å². The first-order valence-corrected chi connectivity index (χ1v) is 8.32. The minimum absolute atomic E-state index is 0.0573. The summed E-state index contributed by atoms with van der Waals surface area (Å²) in [5.41, 5.74) is -0.629. The Labute approximate surface area is 149 Å². The maximum Gasteiger partial charge on any atom is 0.307 e. The van der Waals surface area contributed by atoms with E-state index in [1.54, 1.807) is 27.9 Å². The quantitative estimate of drug-likeness (QED) is 0.410. The normalized spacial score (nSPS) is 12.4. The van der Waals surface area contributed by atoms with Crippen LogP contribution in [0.3, 0.4) is 0 Å². The number of rotatable bonds is 12. The molecule has 8 nitrogen and oxygen atoms in total. The van der Waals surface area contributed by atoms with Crippen LogP contribution in [0.2, 0.25) is 0 Å². The van der Waals surface area contributed by atoms with Gasteiger partial charge in [-0.3, -0.25) is 14.4 Å². The van der Waals surface area contributed by atoms with Gasteiger partial charge in [0.05, 0.1) is 33.4 Å². The van der Waals surface area contributed by atoms with Crippen LogP contribution >= 0.6 is 0 Å². The number of nitrogens with one attached hydrogen (secondary N) is 1. The molecule has 0 bridgehead atoms. The third-order valence-electron chi connectivity index (χ3n) is 3.11. The van der Waals surface area contributed by atoms with E-state index >= 15 is 0 Å². The van der Waals surface area contributed by atoms with Crippen molar-refractivity contribution in [2.45, 2.75) is 45.6 Å². The molecule has 0 saturated heterocycles. The maximum absolute atomic E-state index is 12.3. The molecule has 0 unspecified atom stereocenters. The van der Waals surface area contributed by atoms with Gasteiger partial charge < -0.3 is 24.3 Å². The number of esters is 2. The van der Waals surface area contributed by atoms with Gasteiger partial charge in [-0.05, 0) is 27.2 Å². The summed E-state index contributed by atoms with van der Waals surface area (Å²) in [5.74, 6) is -1.88. The Bertz CT molecular complexity index is 418. The Balaban J connectivity index is 4.47. The van der Waals surface area contributed by atoms with E-state index in [-0.39, 0.29) is 25.2 Å². The molecule has 0 saturated carbocycles. The molecule has 1 N–H and O–H groups in total. The molecule has 8 heteroatoms. The van der Waals surface area contributed by atoms with Crippen molar-refractivity contribution >= 4 is 17.8 Å². The van der Waals surface area contributed by atoms with Gasteiger partial charge in [-0.1, -0.05) is 0 Å². The standard InChI is InChI=1S/C17H31NO7/c1-17(2,3)25-15(20)12-13(6-7-14(19)23-5)16(21)18-8-9-24-11-10-22-4/h13H,6-12H2,1-5H3,(H,18,21)/t13-/m1/s1. The van der Waals surface area contributed by atoms with Crippen molar-refractivity contribution in [3.63, 3.8) is 0 Å². The van der Waals surface area contributed by atoms with Crippen molar-refractivity contribution in [3.05, 3.63) is 0 Å². The second-order valence-electron chi connectivity index (χ2n) is 6.50. The summed E-state index contributed by atoms with van der Waals surface area (Å²) < 4.78 is 19.9. The molecule has 0 aromatic rings. The van der Waals surface area contributed by atoms with Gasteiger partial charge >= 0.3 is 11.9 Å². The van der Waals surface area contributed by atoms with Crippen molar-refractivity contribution < 1.29 is 33.3 Å². The average Bonchev–Trinajstić information content (AvgIpc) is 2.52. The lowest BCUT2D eigenvalue weighted by molar-refractivity contribution is -0.158. The topological polar surface area (TPSA) is 100 Å². The summed E-state index contributed by atoms with van der Waals surface area (Å²) in [5, 5.41) is 2.70. The highest BCUT2D eigenvalue weighted by Gasteiger charge is 2.26. The summed E-state index contributed by atoms with van der Waals surface area (Å²) in [4.78, 5) is 35.6. The van der Waals surface area contributed by atoms with Gasteiger partial charge in [0.1, 0.15) is 5.60 Å². The van der Waals surface area contributed by atoms with Crippen LogP contribution in [-0.4, -0.2) is 64.0 Å². The number of methoxy groups -OCH3 is 2. The largest absolute Gasteiger partial charge is 0.469 e. The minimum Gasteiger partial charge on any atom is -0.469 e. The molecule has 0 radical (unpaired) electrons. The summed E-state index contributed by atoms with van der Waals surface area (Å²) >= 11 is 0. The van der Waals surface area contributed by atoms with Gasteiger partial charge in [0.25, 0.3) is 0 Å². The highest BCUT2D eigenvalue weighted by atomic mass is 16.6. The fourth-order valence-corrected chi connectivity index (χ4v) is 1.94. The second-order valence-corrected chi connectivity index (χ2v) is 6.50. The minimum atomic E-state index is -0.659. The fraction of sp³-hybridized carbons (Fsp3) is 0.824. The van der Waals surface area contributed by atoms with Crippen LogP contribution in [0.15, 0.2) is 0 Å². The van der Waals surface area contributed by atoms with E-state index < -0.39 is 23.5 Å². The lowest BCUT2D eigenvalue weighted by Gasteiger charge is -2.22. The number of hydrogen-bond donors (Lipinski definition) is 1. The molecular formula is C17H31NO7. The van der Waals surface area contributed by atoms with Crippen LogP contribution in [-0.2, 0) is 33.3 Å². The maximum atomic E-state index is 12.3. The highest BCUT2D eigenvalue weighted by Crippen LogP contribution is 2.16. The molecule has 0 aliphatic carbocycles. The zero-order chi connectivity index (χ0) is 19.3. The zero-order valence-corrected chi connectivity index (χ0v) is 15.9. The number of amides is 1. The Hall–Kier alpha value is -1.67. The first-order chi connectivity index (χ1) is 11.7. The monoisotopic (exact) mass is 361 g/mol. The van der Waals surface area contributed by atoms with Gasteiger partial charge in [0.2, 0.25) is 5.91 Å². The van der Waals surface area contributed by atoms with Crippen LogP contribution < -0.4 is 5.32 Å². The third kappa shape index (κ3) is 13.3. The molecule has 0 aromatic heterocycles. The molecule has 0 heterocycles. The van der Waals surface area contributed by atoms with Gasteiger partial charge in [-0.25, -0.2) is 0 Å². The number of ether oxygens (including phenoxy) is 4. The Morgan fingerprint density at radius 3 is 2.24 bits per heavy atom. The molecule has 0 aliphatic heterocycles. The van der Waals surface area contributed by atoms with Crippen LogP contribution in [0.25, 0.3) is 0 Å². The Morgan fingerprint density at radius 1 is 1.00 bits per heavy atom. The van der Waals surface area contributed by atoms with Crippen LogP contribution in [0.5, 0.6) is 0 Å². The van der Waals surface area contributed by atoms with Crippen molar-refractivity contribution in [1.29, 1.82) is 0 Å². The molecular weight excluding hydrogens is 330 g/mol. The SMILES string of the molecule is COCCOCCNC(=O)[C@H](CCC(=O)OC)CC(=O)OC(C)(C)C. The van der Waals surface area contributed by atoms with Crippen LogP contribution in [0.1, 0.15) is 40.0 Å². The van der Waals surface area contributed by atoms with Crippen LogP contribution in [0, 0.1) is 5.92 Å². The molecule has 146 valence electrons. The number of hydrogen-bond acceptors (Lipinski definition) is 7. The molecule has 0 aliphatic rings. The average molecular weight is 361 g/mol. The van der Waals surface area contributed by atoms with E-state index in [0.717, 1.165) is 0 Å². The third-order valence-corrected chi connectivity index (χ3v) is 3.11. The van der Waals surface area contributed by atoms with E-state index in [9.17, 15) is 14.4 Å². The second kappa shape index (κ2) is 12.7. The summed E-state index contributed by atoms with van der Waals surface area (Å²) in [6, 6.07) is 0. The molecule has 25 heavy (non-hydrogen) atoms. The predicted octanol–water partition coefficient (Wildman–Crippen LogP) is 1.07. The molecule has 0 spiro atoms. The zero-order valence-electron chi connectivity index (χ0n) is 15.9. The van der Waals surface area contributed by atoms with Crippen molar-refractivity contribution in [3.8, 4) is 0 Å². The summed E-state index contributed by atoms with van der Waals surface area (Å²) in [7, 11) is 2.86. The molecule has 0 rings (SSSR count). The lowest BCUT2D eigenvalue weighted by Crippen LogP contribution is -2.36. The molecule has 1 atom stereocenters. The molecule has 0 aromatic carbocycles. The first-order valence-electron chi connectivity index (χ1n) is 8.32. The highest BCUT2D eigenvalue weighted by molar-refractivity contribution is 5.84. The number of carbonyl (C=O) groups is 3. The van der Waals surface area contributed by atoms with E-state index in [1.165, 1.54) is 7.11 Å². The fourth-order valence-electron chi connectivity index (χ4n) is 1.94. The van der Waals surface area contributed by atoms with Crippen molar-refractivity contribution in [1.82, 2.24) is 5.32 Å². The van der Waals surface area contributed by atoms with E-state index in [1.807, 2.05) is 0 Å². The molecule has 0 fully saturated rings. The van der Waals surface area contributed by atoms with E-state index in [2.05, 4.69) is 10.1 Å². The van der Waals surface area contributed by atoms with Crippen LogP contribution in [0.4, 0.5) is 0 Å². The summed E-state index contributed by atoms with van der Waals surface area (Å²) in [6.45, 7) is 6.84. The predicted molar refractivity (Wildman–Crippen MR) is 90.9 cm³/mol. The van der Waals surface area contributed by atoms with Gasteiger partial charge in [-0.15, -0.1) is 0 Å². The van der Waals surface area contributed by atoms with Crippen molar-refractivity contribution in [2.24, 2.45) is 5.92 Å². The molecule has 1 amide bonds. The van der Waals surface area contributed by atoms with Gasteiger partial charge in [-0.2, -0.15) is 0 Å². The Morgan fingerprint density at radius 2 is 1.68 bits per heavy atom. The first kappa shape index (κ1) is 23.3. The summed E-state index contributed by atoms with van der Waals surface area (Å²) in [6.07, 6.45) is 0.175. The smallest absolute Gasteiger partial charge is 0.307 e. The van der Waals surface area contributed by atoms with Gasteiger partial charge in [0.15, 0.2) is 0 Å². The number of carbonyl (C=O) groups excluding carboxylic acids is 3. The Kier molecular flexibility index (Phi) is 11.8.